The van der Waals surface area contributed by atoms with E-state index < -0.39 is 12.3 Å². The van der Waals surface area contributed by atoms with Crippen LogP contribution in [0.15, 0.2) is 0 Å². The fourth-order valence-corrected chi connectivity index (χ4v) is 1.24. The van der Waals surface area contributed by atoms with Crippen molar-refractivity contribution in [3.63, 3.8) is 0 Å². The van der Waals surface area contributed by atoms with Crippen LogP contribution in [0.2, 0.25) is 0 Å². The maximum atomic E-state index is 10.4. The van der Waals surface area contributed by atoms with Crippen LogP contribution >= 0.6 is 15.9 Å². The van der Waals surface area contributed by atoms with E-state index in [2.05, 4.69) is 20.7 Å². The molecule has 0 aromatic heterocycles. The second-order valence-electron chi connectivity index (χ2n) is 2.60. The molecule has 0 radical (unpaired) electrons. The molecule has 1 atom stereocenters. The first-order chi connectivity index (χ1) is 5.66. The molecule has 0 aliphatic rings. The highest BCUT2D eigenvalue weighted by Crippen LogP contribution is 2.05. The summed E-state index contributed by atoms with van der Waals surface area (Å²) in [4.78, 5) is 10.4. The Bertz CT molecular complexity index is 127. The molecule has 0 fully saturated rings. The van der Waals surface area contributed by atoms with Crippen molar-refractivity contribution in [1.82, 2.24) is 0 Å². The highest BCUT2D eigenvalue weighted by atomic mass is 79.9. The van der Waals surface area contributed by atoms with Gasteiger partial charge in [-0.2, -0.15) is 0 Å². The van der Waals surface area contributed by atoms with Crippen LogP contribution in [0.4, 0.5) is 0 Å². The first kappa shape index (κ1) is 11.9. The van der Waals surface area contributed by atoms with E-state index in [1.165, 1.54) is 6.92 Å². The Morgan fingerprint density at radius 3 is 2.67 bits per heavy atom. The predicted molar refractivity (Wildman–Crippen MR) is 50.0 cm³/mol. The summed E-state index contributed by atoms with van der Waals surface area (Å²) >= 11 is 3.31. The van der Waals surface area contributed by atoms with E-state index in [-0.39, 0.29) is 0 Å². The summed E-state index contributed by atoms with van der Waals surface area (Å²) < 4.78 is 4.54. The molecule has 0 saturated heterocycles. The van der Waals surface area contributed by atoms with Crippen LogP contribution in [-0.2, 0) is 9.53 Å². The Morgan fingerprint density at radius 2 is 2.17 bits per heavy atom. The Labute approximate surface area is 81.2 Å². The van der Waals surface area contributed by atoms with Gasteiger partial charge in [0.15, 0.2) is 0 Å². The summed E-state index contributed by atoms with van der Waals surface area (Å²) in [6.07, 6.45) is 2.64. The Balaban J connectivity index is 3.19. The van der Waals surface area contributed by atoms with Crippen LogP contribution in [0.3, 0.4) is 0 Å². The standard InChI is InChI=1S/C8H15BrO3/c1-7(10)12-8(11)5-3-2-4-6-9/h8,11H,2-6H2,1H3. The molecule has 0 heterocycles. The number of aliphatic hydroxyl groups is 1. The monoisotopic (exact) mass is 238 g/mol. The molecule has 1 unspecified atom stereocenters. The number of unbranched alkanes of at least 4 members (excludes halogenated alkanes) is 2. The Morgan fingerprint density at radius 1 is 1.50 bits per heavy atom. The van der Waals surface area contributed by atoms with Gasteiger partial charge in [-0.3, -0.25) is 4.79 Å². The fraction of sp³-hybridized carbons (Fsp3) is 0.875. The number of halogens is 1. The number of carbonyl (C=O) groups is 1. The molecule has 0 aliphatic carbocycles. The number of carbonyl (C=O) groups excluding carboxylic acids is 1. The van der Waals surface area contributed by atoms with Crippen molar-refractivity contribution >= 4 is 21.9 Å². The molecule has 0 bridgehead atoms. The van der Waals surface area contributed by atoms with Gasteiger partial charge in [0, 0.05) is 18.7 Å². The van der Waals surface area contributed by atoms with E-state index in [9.17, 15) is 4.79 Å². The topological polar surface area (TPSA) is 46.5 Å². The van der Waals surface area contributed by atoms with Crippen molar-refractivity contribution in [2.75, 3.05) is 5.33 Å². The third kappa shape index (κ3) is 8.01. The number of rotatable bonds is 6. The minimum absolute atomic E-state index is 0.428. The van der Waals surface area contributed by atoms with Crippen molar-refractivity contribution in [3.8, 4) is 0 Å². The highest BCUT2D eigenvalue weighted by Gasteiger charge is 2.05. The minimum atomic E-state index is -0.919. The Kier molecular flexibility index (Phi) is 7.50. The van der Waals surface area contributed by atoms with Gasteiger partial charge >= 0.3 is 5.97 Å². The molecule has 3 nitrogen and oxygen atoms in total. The highest BCUT2D eigenvalue weighted by molar-refractivity contribution is 9.09. The van der Waals surface area contributed by atoms with E-state index >= 15 is 0 Å². The average Bonchev–Trinajstić information content (AvgIpc) is 1.97. The smallest absolute Gasteiger partial charge is 0.304 e. The van der Waals surface area contributed by atoms with E-state index in [0.29, 0.717) is 6.42 Å². The van der Waals surface area contributed by atoms with Gasteiger partial charge in [0.1, 0.15) is 0 Å². The molecule has 0 saturated carbocycles. The van der Waals surface area contributed by atoms with E-state index in [1.807, 2.05) is 0 Å². The summed E-state index contributed by atoms with van der Waals surface area (Å²) in [6, 6.07) is 0. The molecular formula is C8H15BrO3. The molecule has 0 aromatic rings. The minimum Gasteiger partial charge on any atom is -0.436 e. The average molecular weight is 239 g/mol. The zero-order valence-electron chi connectivity index (χ0n) is 7.25. The second-order valence-corrected chi connectivity index (χ2v) is 3.40. The van der Waals surface area contributed by atoms with Crippen molar-refractivity contribution in [1.29, 1.82) is 0 Å². The second kappa shape index (κ2) is 7.55. The van der Waals surface area contributed by atoms with Gasteiger partial charge in [-0.1, -0.05) is 22.4 Å². The van der Waals surface area contributed by atoms with Crippen molar-refractivity contribution in [2.24, 2.45) is 0 Å². The van der Waals surface area contributed by atoms with Crippen molar-refractivity contribution in [2.45, 2.75) is 38.9 Å². The third-order valence-corrected chi connectivity index (χ3v) is 1.95. The normalized spacial score (nSPS) is 12.6. The van der Waals surface area contributed by atoms with Gasteiger partial charge in [-0.05, 0) is 12.8 Å². The summed E-state index contributed by atoms with van der Waals surface area (Å²) in [5, 5.41) is 10.0. The van der Waals surface area contributed by atoms with Gasteiger partial charge in [0.2, 0.25) is 6.29 Å². The number of ether oxygens (including phenoxy) is 1. The summed E-state index contributed by atoms with van der Waals surface area (Å²) in [7, 11) is 0. The number of hydrogen-bond donors (Lipinski definition) is 1. The molecule has 4 heteroatoms. The maximum absolute atomic E-state index is 10.4. The van der Waals surface area contributed by atoms with E-state index in [1.54, 1.807) is 0 Å². The van der Waals surface area contributed by atoms with Crippen LogP contribution in [-0.4, -0.2) is 22.7 Å². The van der Waals surface area contributed by atoms with Crippen LogP contribution in [0.1, 0.15) is 32.6 Å². The number of aliphatic hydroxyl groups excluding tert-OH is 1. The number of hydrogen-bond acceptors (Lipinski definition) is 3. The largest absolute Gasteiger partial charge is 0.436 e. The van der Waals surface area contributed by atoms with Gasteiger partial charge < -0.3 is 9.84 Å². The van der Waals surface area contributed by atoms with Gasteiger partial charge in [-0.25, -0.2) is 0 Å². The zero-order chi connectivity index (χ0) is 9.40. The summed E-state index contributed by atoms with van der Waals surface area (Å²) in [5.74, 6) is -0.428. The maximum Gasteiger partial charge on any atom is 0.304 e. The first-order valence-electron chi connectivity index (χ1n) is 4.08. The lowest BCUT2D eigenvalue weighted by Crippen LogP contribution is -2.14. The molecule has 0 spiro atoms. The lowest BCUT2D eigenvalue weighted by molar-refractivity contribution is -0.165. The van der Waals surface area contributed by atoms with Gasteiger partial charge in [0.25, 0.3) is 0 Å². The molecule has 0 rings (SSSR count). The fourth-order valence-electron chi connectivity index (χ4n) is 0.841. The quantitative estimate of drug-likeness (QED) is 0.333. The molecule has 1 N–H and O–H groups in total. The molecular weight excluding hydrogens is 224 g/mol. The molecule has 72 valence electrons. The van der Waals surface area contributed by atoms with E-state index in [0.717, 1.165) is 24.6 Å². The predicted octanol–water partition coefficient (Wildman–Crippen LogP) is 1.82. The molecule has 12 heavy (non-hydrogen) atoms. The van der Waals surface area contributed by atoms with Gasteiger partial charge in [0.05, 0.1) is 0 Å². The number of esters is 1. The van der Waals surface area contributed by atoms with Crippen LogP contribution in [0.5, 0.6) is 0 Å². The number of alkyl halides is 1. The molecule has 0 amide bonds. The van der Waals surface area contributed by atoms with Crippen LogP contribution in [0.25, 0.3) is 0 Å². The Hall–Kier alpha value is -0.0900. The van der Waals surface area contributed by atoms with Gasteiger partial charge in [-0.15, -0.1) is 0 Å². The zero-order valence-corrected chi connectivity index (χ0v) is 8.84. The lowest BCUT2D eigenvalue weighted by Gasteiger charge is -2.09. The SMILES string of the molecule is CC(=O)OC(O)CCCCCBr. The lowest BCUT2D eigenvalue weighted by atomic mass is 10.2. The summed E-state index contributed by atoms with van der Waals surface area (Å²) in [6.45, 7) is 1.29. The molecule has 0 aliphatic heterocycles. The molecule has 0 aromatic carbocycles. The van der Waals surface area contributed by atoms with Crippen molar-refractivity contribution in [3.05, 3.63) is 0 Å². The van der Waals surface area contributed by atoms with Crippen LogP contribution < -0.4 is 0 Å². The summed E-state index contributed by atoms with van der Waals surface area (Å²) in [5.41, 5.74) is 0. The van der Waals surface area contributed by atoms with E-state index in [4.69, 9.17) is 5.11 Å². The van der Waals surface area contributed by atoms with Crippen molar-refractivity contribution < 1.29 is 14.6 Å². The third-order valence-electron chi connectivity index (χ3n) is 1.39. The van der Waals surface area contributed by atoms with Crippen LogP contribution in [0, 0.1) is 0 Å². The first-order valence-corrected chi connectivity index (χ1v) is 5.20.